The SMILES string of the molecule is COc1cccc(-c2n[nH]c(-c3ccc(NC(=O)c4cscn4)cc3)n2)c1. The van der Waals surface area contributed by atoms with Crippen LogP contribution in [0.5, 0.6) is 5.75 Å². The average molecular weight is 377 g/mol. The van der Waals surface area contributed by atoms with Crippen molar-refractivity contribution in [1.82, 2.24) is 20.2 Å². The normalized spacial score (nSPS) is 10.6. The number of hydrogen-bond donors (Lipinski definition) is 2. The molecule has 2 aromatic carbocycles. The highest BCUT2D eigenvalue weighted by Gasteiger charge is 2.10. The number of amides is 1. The lowest BCUT2D eigenvalue weighted by atomic mass is 10.2. The number of anilines is 1. The van der Waals surface area contributed by atoms with E-state index in [1.165, 1.54) is 11.3 Å². The Morgan fingerprint density at radius 3 is 2.74 bits per heavy atom. The van der Waals surface area contributed by atoms with Gasteiger partial charge in [0.15, 0.2) is 11.6 Å². The van der Waals surface area contributed by atoms with Crippen molar-refractivity contribution in [3.05, 3.63) is 65.1 Å². The Morgan fingerprint density at radius 1 is 1.15 bits per heavy atom. The van der Waals surface area contributed by atoms with Crippen LogP contribution in [0, 0.1) is 0 Å². The molecule has 0 saturated carbocycles. The second-order valence-electron chi connectivity index (χ2n) is 5.64. The van der Waals surface area contributed by atoms with Crippen molar-refractivity contribution in [2.24, 2.45) is 0 Å². The van der Waals surface area contributed by atoms with Crippen molar-refractivity contribution < 1.29 is 9.53 Å². The van der Waals surface area contributed by atoms with Gasteiger partial charge in [-0.1, -0.05) is 12.1 Å². The molecule has 0 spiro atoms. The van der Waals surface area contributed by atoms with E-state index in [0.717, 1.165) is 16.9 Å². The maximum Gasteiger partial charge on any atom is 0.275 e. The molecule has 27 heavy (non-hydrogen) atoms. The van der Waals surface area contributed by atoms with Crippen LogP contribution in [-0.4, -0.2) is 33.2 Å². The van der Waals surface area contributed by atoms with Crippen molar-refractivity contribution in [1.29, 1.82) is 0 Å². The van der Waals surface area contributed by atoms with E-state index in [4.69, 9.17) is 4.74 Å². The molecule has 2 heterocycles. The van der Waals surface area contributed by atoms with Crippen LogP contribution in [0.2, 0.25) is 0 Å². The van der Waals surface area contributed by atoms with Crippen LogP contribution in [0.15, 0.2) is 59.4 Å². The molecular formula is C19H15N5O2S. The number of nitrogens with zero attached hydrogens (tertiary/aromatic N) is 3. The predicted molar refractivity (Wildman–Crippen MR) is 104 cm³/mol. The van der Waals surface area contributed by atoms with Crippen molar-refractivity contribution >= 4 is 22.9 Å². The molecule has 0 aliphatic rings. The fourth-order valence-corrected chi connectivity index (χ4v) is 3.05. The van der Waals surface area contributed by atoms with Gasteiger partial charge in [0.05, 0.1) is 12.6 Å². The van der Waals surface area contributed by atoms with Crippen molar-refractivity contribution in [2.45, 2.75) is 0 Å². The van der Waals surface area contributed by atoms with Crippen LogP contribution in [0.1, 0.15) is 10.5 Å². The van der Waals surface area contributed by atoms with E-state index in [9.17, 15) is 4.79 Å². The van der Waals surface area contributed by atoms with Gasteiger partial charge in [0.2, 0.25) is 0 Å². The molecule has 0 unspecified atom stereocenters. The highest BCUT2D eigenvalue weighted by atomic mass is 32.1. The smallest absolute Gasteiger partial charge is 0.275 e. The number of H-pyrrole nitrogens is 1. The third-order valence-corrected chi connectivity index (χ3v) is 4.48. The van der Waals surface area contributed by atoms with E-state index < -0.39 is 0 Å². The summed E-state index contributed by atoms with van der Waals surface area (Å²) in [5.74, 6) is 1.75. The zero-order valence-corrected chi connectivity index (χ0v) is 15.2. The average Bonchev–Trinajstić information content (AvgIpc) is 3.41. The number of carbonyl (C=O) groups is 1. The molecule has 0 bridgehead atoms. The molecule has 0 fully saturated rings. The van der Waals surface area contributed by atoms with Crippen LogP contribution >= 0.6 is 11.3 Å². The number of carbonyl (C=O) groups excluding carboxylic acids is 1. The summed E-state index contributed by atoms with van der Waals surface area (Å²) in [6.07, 6.45) is 0. The highest BCUT2D eigenvalue weighted by molar-refractivity contribution is 7.07. The molecule has 4 rings (SSSR count). The minimum Gasteiger partial charge on any atom is -0.497 e. The first-order valence-electron chi connectivity index (χ1n) is 8.10. The number of aromatic amines is 1. The molecule has 134 valence electrons. The number of benzene rings is 2. The summed E-state index contributed by atoms with van der Waals surface area (Å²) < 4.78 is 5.24. The number of rotatable bonds is 5. The van der Waals surface area contributed by atoms with Crippen LogP contribution in [0.4, 0.5) is 5.69 Å². The molecule has 0 radical (unpaired) electrons. The van der Waals surface area contributed by atoms with Gasteiger partial charge in [0, 0.05) is 22.2 Å². The second-order valence-corrected chi connectivity index (χ2v) is 6.36. The second kappa shape index (κ2) is 7.38. The molecular weight excluding hydrogens is 362 g/mol. The van der Waals surface area contributed by atoms with Gasteiger partial charge in [-0.3, -0.25) is 9.89 Å². The predicted octanol–water partition coefficient (Wildman–Crippen LogP) is 3.86. The molecule has 0 aliphatic carbocycles. The zero-order chi connectivity index (χ0) is 18.6. The molecule has 1 amide bonds. The number of ether oxygens (including phenoxy) is 1. The fraction of sp³-hybridized carbons (Fsp3) is 0.0526. The summed E-state index contributed by atoms with van der Waals surface area (Å²) in [4.78, 5) is 20.6. The summed E-state index contributed by atoms with van der Waals surface area (Å²) in [5, 5.41) is 11.7. The molecule has 2 N–H and O–H groups in total. The van der Waals surface area contributed by atoms with Gasteiger partial charge in [-0.2, -0.15) is 5.10 Å². The first-order valence-corrected chi connectivity index (χ1v) is 9.04. The first kappa shape index (κ1) is 16.9. The Kier molecular flexibility index (Phi) is 4.63. The van der Waals surface area contributed by atoms with Crippen LogP contribution in [0.3, 0.4) is 0 Å². The largest absolute Gasteiger partial charge is 0.497 e. The van der Waals surface area contributed by atoms with E-state index in [2.05, 4.69) is 25.5 Å². The van der Waals surface area contributed by atoms with Gasteiger partial charge in [-0.15, -0.1) is 11.3 Å². The lowest BCUT2D eigenvalue weighted by molar-refractivity contribution is 0.102. The van der Waals surface area contributed by atoms with E-state index >= 15 is 0 Å². The molecule has 8 heteroatoms. The van der Waals surface area contributed by atoms with Crippen molar-refractivity contribution in [2.75, 3.05) is 12.4 Å². The number of thiazole rings is 1. The molecule has 4 aromatic rings. The van der Waals surface area contributed by atoms with Crippen LogP contribution in [-0.2, 0) is 0 Å². The summed E-state index contributed by atoms with van der Waals surface area (Å²) >= 11 is 1.38. The molecule has 0 atom stereocenters. The lowest BCUT2D eigenvalue weighted by Gasteiger charge is -2.04. The molecule has 0 saturated heterocycles. The monoisotopic (exact) mass is 377 g/mol. The number of nitrogens with one attached hydrogen (secondary N) is 2. The van der Waals surface area contributed by atoms with Gasteiger partial charge in [0.25, 0.3) is 5.91 Å². The molecule has 7 nitrogen and oxygen atoms in total. The van der Waals surface area contributed by atoms with Gasteiger partial charge < -0.3 is 10.1 Å². The minimum absolute atomic E-state index is 0.232. The van der Waals surface area contributed by atoms with Gasteiger partial charge in [-0.05, 0) is 36.4 Å². The number of hydrogen-bond acceptors (Lipinski definition) is 6. The Bertz CT molecular complexity index is 1060. The van der Waals surface area contributed by atoms with Gasteiger partial charge in [-0.25, -0.2) is 9.97 Å². The standard InChI is InChI=1S/C19H15N5O2S/c1-26-15-4-2-3-13(9-15)18-22-17(23-24-18)12-5-7-14(8-6-12)21-19(25)16-10-27-11-20-16/h2-11H,1H3,(H,21,25)(H,22,23,24). The van der Waals surface area contributed by atoms with Crippen LogP contribution in [0.25, 0.3) is 22.8 Å². The van der Waals surface area contributed by atoms with E-state index in [1.807, 2.05) is 48.5 Å². The van der Waals surface area contributed by atoms with Crippen molar-refractivity contribution in [3.8, 4) is 28.5 Å². The zero-order valence-electron chi connectivity index (χ0n) is 14.3. The quantitative estimate of drug-likeness (QED) is 0.551. The lowest BCUT2D eigenvalue weighted by Crippen LogP contribution is -2.11. The number of aromatic nitrogens is 4. The minimum atomic E-state index is -0.232. The highest BCUT2D eigenvalue weighted by Crippen LogP contribution is 2.24. The maximum absolute atomic E-state index is 12.0. The van der Waals surface area contributed by atoms with E-state index in [-0.39, 0.29) is 5.91 Å². The van der Waals surface area contributed by atoms with E-state index in [0.29, 0.717) is 23.0 Å². The Labute approximate surface area is 159 Å². The Hall–Kier alpha value is -3.52. The Morgan fingerprint density at radius 2 is 2.00 bits per heavy atom. The Balaban J connectivity index is 1.51. The molecule has 0 aliphatic heterocycles. The summed E-state index contributed by atoms with van der Waals surface area (Å²) in [7, 11) is 1.62. The first-order chi connectivity index (χ1) is 13.2. The van der Waals surface area contributed by atoms with E-state index in [1.54, 1.807) is 18.0 Å². The third kappa shape index (κ3) is 3.70. The van der Waals surface area contributed by atoms with Gasteiger partial charge >= 0.3 is 0 Å². The van der Waals surface area contributed by atoms with Gasteiger partial charge in [0.1, 0.15) is 11.4 Å². The fourth-order valence-electron chi connectivity index (χ4n) is 2.51. The summed E-state index contributed by atoms with van der Waals surface area (Å²) in [6.45, 7) is 0. The topological polar surface area (TPSA) is 92.8 Å². The summed E-state index contributed by atoms with van der Waals surface area (Å²) in [5.41, 5.74) is 4.45. The third-order valence-electron chi connectivity index (χ3n) is 3.89. The van der Waals surface area contributed by atoms with Crippen LogP contribution < -0.4 is 10.1 Å². The number of methoxy groups -OCH3 is 1. The maximum atomic E-state index is 12.0. The van der Waals surface area contributed by atoms with Crippen molar-refractivity contribution in [3.63, 3.8) is 0 Å². The molecule has 2 aromatic heterocycles. The summed E-state index contributed by atoms with van der Waals surface area (Å²) in [6, 6.07) is 14.9.